The number of esters is 1. The minimum absolute atomic E-state index is 0.193. The lowest BCUT2D eigenvalue weighted by Gasteiger charge is -2.25. The lowest BCUT2D eigenvalue weighted by atomic mass is 10.1. The second-order valence-corrected chi connectivity index (χ2v) is 8.54. The second kappa shape index (κ2) is 12.1. The van der Waals surface area contributed by atoms with E-state index in [9.17, 15) is 14.7 Å². The maximum atomic E-state index is 12.2. The summed E-state index contributed by atoms with van der Waals surface area (Å²) in [7, 11) is 1.38. The zero-order valence-corrected chi connectivity index (χ0v) is 17.9. The molecular formula is C22H33NO4S. The number of unbranched alkanes of at least 4 members (excludes halogenated alkanes) is 2. The number of carbonyl (C=O) groups is 2. The Kier molecular flexibility index (Phi) is 9.85. The molecule has 1 amide bonds. The molecule has 1 aliphatic rings. The van der Waals surface area contributed by atoms with E-state index in [1.54, 1.807) is 23.9 Å². The zero-order valence-electron chi connectivity index (χ0n) is 17.1. The van der Waals surface area contributed by atoms with Gasteiger partial charge in [0.15, 0.2) is 0 Å². The van der Waals surface area contributed by atoms with Gasteiger partial charge in [0.2, 0.25) is 5.91 Å². The van der Waals surface area contributed by atoms with Crippen molar-refractivity contribution in [3.8, 4) is 0 Å². The minimum atomic E-state index is -0.319. The molecule has 1 fully saturated rings. The van der Waals surface area contributed by atoms with Crippen LogP contribution < -0.4 is 0 Å². The van der Waals surface area contributed by atoms with Crippen LogP contribution in [0.15, 0.2) is 24.3 Å². The third-order valence-corrected chi connectivity index (χ3v) is 6.49. The van der Waals surface area contributed by atoms with Crippen molar-refractivity contribution in [1.82, 2.24) is 4.90 Å². The summed E-state index contributed by atoms with van der Waals surface area (Å²) in [4.78, 5) is 25.6. The largest absolute Gasteiger partial charge is 0.465 e. The molecule has 156 valence electrons. The molecule has 2 rings (SSSR count). The highest BCUT2D eigenvalue weighted by Crippen LogP contribution is 2.29. The van der Waals surface area contributed by atoms with Crippen molar-refractivity contribution < 1.29 is 19.4 Å². The smallest absolute Gasteiger partial charge is 0.337 e. The number of amides is 1. The summed E-state index contributed by atoms with van der Waals surface area (Å²) >= 11 is 1.71. The molecule has 28 heavy (non-hydrogen) atoms. The van der Waals surface area contributed by atoms with Gasteiger partial charge in [0, 0.05) is 6.54 Å². The fraction of sp³-hybridized carbons (Fsp3) is 0.636. The molecule has 1 heterocycles. The van der Waals surface area contributed by atoms with E-state index in [0.717, 1.165) is 44.9 Å². The molecule has 2 atom stereocenters. The summed E-state index contributed by atoms with van der Waals surface area (Å²) in [6.45, 7) is 2.81. The van der Waals surface area contributed by atoms with Gasteiger partial charge in [0.05, 0.1) is 29.9 Å². The van der Waals surface area contributed by atoms with Gasteiger partial charge in [-0.3, -0.25) is 4.79 Å². The Bertz CT molecular complexity index is 619. The maximum absolute atomic E-state index is 12.2. The first-order valence-electron chi connectivity index (χ1n) is 10.3. The van der Waals surface area contributed by atoms with Gasteiger partial charge in [-0.15, -0.1) is 11.8 Å². The Morgan fingerprint density at radius 2 is 2.00 bits per heavy atom. The third kappa shape index (κ3) is 7.13. The first-order valence-corrected chi connectivity index (χ1v) is 11.4. The molecule has 6 heteroatoms. The first-order chi connectivity index (χ1) is 13.5. The predicted molar refractivity (Wildman–Crippen MR) is 113 cm³/mol. The third-order valence-electron chi connectivity index (χ3n) is 5.20. The van der Waals surface area contributed by atoms with Crippen molar-refractivity contribution in [1.29, 1.82) is 0 Å². The molecule has 1 N–H and O–H groups in total. The van der Waals surface area contributed by atoms with Gasteiger partial charge in [0.1, 0.15) is 0 Å². The number of rotatable bonds is 12. The molecule has 5 nitrogen and oxygen atoms in total. The van der Waals surface area contributed by atoms with Crippen LogP contribution in [0.1, 0.15) is 67.8 Å². The van der Waals surface area contributed by atoms with Crippen LogP contribution in [0, 0.1) is 0 Å². The number of thioether (sulfide) groups is 1. The van der Waals surface area contributed by atoms with Crippen LogP contribution in [0.25, 0.3) is 0 Å². The van der Waals surface area contributed by atoms with Gasteiger partial charge in [0.25, 0.3) is 0 Å². The highest BCUT2D eigenvalue weighted by atomic mass is 32.2. The van der Waals surface area contributed by atoms with E-state index in [4.69, 9.17) is 4.74 Å². The number of aliphatic hydroxyl groups is 1. The molecule has 1 aromatic rings. The van der Waals surface area contributed by atoms with E-state index < -0.39 is 0 Å². The number of aryl methyl sites for hydroxylation is 1. The summed E-state index contributed by atoms with van der Waals surface area (Å²) in [5.41, 5.74) is 1.74. The van der Waals surface area contributed by atoms with Gasteiger partial charge in [-0.1, -0.05) is 38.3 Å². The molecule has 0 spiro atoms. The summed E-state index contributed by atoms with van der Waals surface area (Å²) in [6, 6.07) is 7.51. The number of nitrogens with zero attached hydrogens (tertiary/aromatic N) is 1. The minimum Gasteiger partial charge on any atom is -0.465 e. The summed E-state index contributed by atoms with van der Waals surface area (Å²) < 4.78 is 4.72. The van der Waals surface area contributed by atoms with Gasteiger partial charge in [-0.2, -0.15) is 0 Å². The van der Waals surface area contributed by atoms with Crippen molar-refractivity contribution in [2.24, 2.45) is 0 Å². The normalized spacial score (nSPS) is 17.8. The summed E-state index contributed by atoms with van der Waals surface area (Å²) in [5.74, 6) is 0.419. The molecule has 0 aliphatic carbocycles. The quantitative estimate of drug-likeness (QED) is 0.419. The summed E-state index contributed by atoms with van der Waals surface area (Å²) in [5, 5.41) is 10.3. The first kappa shape index (κ1) is 22.8. The van der Waals surface area contributed by atoms with Gasteiger partial charge in [-0.05, 0) is 49.8 Å². The van der Waals surface area contributed by atoms with E-state index in [2.05, 4.69) is 6.92 Å². The lowest BCUT2D eigenvalue weighted by molar-refractivity contribution is -0.128. The molecule has 0 saturated carbocycles. The maximum Gasteiger partial charge on any atom is 0.337 e. The molecule has 1 aromatic carbocycles. The van der Waals surface area contributed by atoms with Crippen LogP contribution in [-0.2, 0) is 16.0 Å². The van der Waals surface area contributed by atoms with Crippen molar-refractivity contribution >= 4 is 23.6 Å². The Morgan fingerprint density at radius 1 is 1.25 bits per heavy atom. The number of carbonyl (C=O) groups excluding carboxylic acids is 2. The number of hydrogen-bond acceptors (Lipinski definition) is 5. The lowest BCUT2D eigenvalue weighted by Crippen LogP contribution is -2.35. The monoisotopic (exact) mass is 407 g/mol. The molecular weight excluding hydrogens is 374 g/mol. The highest BCUT2D eigenvalue weighted by molar-refractivity contribution is 8.00. The molecule has 2 unspecified atom stereocenters. The topological polar surface area (TPSA) is 66.8 Å². The van der Waals surface area contributed by atoms with Crippen LogP contribution in [0.5, 0.6) is 0 Å². The highest BCUT2D eigenvalue weighted by Gasteiger charge is 2.31. The molecule has 0 radical (unpaired) electrons. The van der Waals surface area contributed by atoms with Crippen molar-refractivity contribution in [3.05, 3.63) is 35.4 Å². The average Bonchev–Trinajstić information content (AvgIpc) is 3.06. The van der Waals surface area contributed by atoms with E-state index in [-0.39, 0.29) is 23.4 Å². The van der Waals surface area contributed by atoms with E-state index >= 15 is 0 Å². The van der Waals surface area contributed by atoms with Gasteiger partial charge < -0.3 is 14.7 Å². The number of aliphatic hydroxyl groups excluding tert-OH is 1. The van der Waals surface area contributed by atoms with E-state index in [0.29, 0.717) is 24.3 Å². The van der Waals surface area contributed by atoms with E-state index in [1.807, 2.05) is 17.0 Å². The SMILES string of the molecule is CCCCCC(O)CCN1C(=O)CSC1CCCc1ccc(C(=O)OC)cc1. The Balaban J connectivity index is 1.74. The Hall–Kier alpha value is -1.53. The van der Waals surface area contributed by atoms with Gasteiger partial charge in [-0.25, -0.2) is 4.79 Å². The van der Waals surface area contributed by atoms with E-state index in [1.165, 1.54) is 12.7 Å². The Morgan fingerprint density at radius 3 is 2.68 bits per heavy atom. The van der Waals surface area contributed by atoms with Crippen molar-refractivity contribution in [2.45, 2.75) is 69.8 Å². The fourth-order valence-electron chi connectivity index (χ4n) is 3.48. The fourth-order valence-corrected chi connectivity index (χ4v) is 4.71. The number of ether oxygens (including phenoxy) is 1. The molecule has 0 aromatic heterocycles. The van der Waals surface area contributed by atoms with Crippen LogP contribution in [0.3, 0.4) is 0 Å². The number of hydrogen-bond donors (Lipinski definition) is 1. The van der Waals surface area contributed by atoms with Crippen molar-refractivity contribution in [3.63, 3.8) is 0 Å². The molecule has 0 bridgehead atoms. The number of methoxy groups -OCH3 is 1. The second-order valence-electron chi connectivity index (χ2n) is 7.37. The molecule has 1 aliphatic heterocycles. The van der Waals surface area contributed by atoms with Crippen LogP contribution in [-0.4, -0.2) is 52.8 Å². The van der Waals surface area contributed by atoms with Crippen LogP contribution in [0.2, 0.25) is 0 Å². The van der Waals surface area contributed by atoms with Gasteiger partial charge >= 0.3 is 5.97 Å². The summed E-state index contributed by atoms with van der Waals surface area (Å²) in [6.07, 6.45) is 7.40. The molecule has 1 saturated heterocycles. The standard InChI is InChI=1S/C22H33NO4S/c1-3-4-5-8-19(24)14-15-23-20(25)16-28-21(23)9-6-7-17-10-12-18(13-11-17)22(26)27-2/h10-13,19,21,24H,3-9,14-16H2,1-2H3. The number of benzene rings is 1. The van der Waals surface area contributed by atoms with Crippen LogP contribution in [0.4, 0.5) is 0 Å². The average molecular weight is 408 g/mol. The van der Waals surface area contributed by atoms with Crippen molar-refractivity contribution in [2.75, 3.05) is 19.4 Å². The zero-order chi connectivity index (χ0) is 20.4. The predicted octanol–water partition coefficient (Wildman–Crippen LogP) is 4.03. The van der Waals surface area contributed by atoms with Crippen LogP contribution >= 0.6 is 11.8 Å². The Labute approximate surface area is 172 Å².